The van der Waals surface area contributed by atoms with Crippen LogP contribution in [0.2, 0.25) is 0 Å². The quantitative estimate of drug-likeness (QED) is 0.727. The van der Waals surface area contributed by atoms with E-state index in [1.54, 1.807) is 0 Å². The van der Waals surface area contributed by atoms with Crippen LogP contribution in [-0.4, -0.2) is 29.3 Å². The molecule has 0 aliphatic carbocycles. The van der Waals surface area contributed by atoms with Crippen LogP contribution in [0.5, 0.6) is 5.75 Å². The SMILES string of the molecule is Cc1cc(NCC(O)COc2ccc(F)cc2)nc2ccccc12. The van der Waals surface area contributed by atoms with Crippen molar-refractivity contribution in [2.45, 2.75) is 13.0 Å². The summed E-state index contributed by atoms with van der Waals surface area (Å²) in [5.41, 5.74) is 2.04. The average Bonchev–Trinajstić information content (AvgIpc) is 2.59. The maximum Gasteiger partial charge on any atom is 0.127 e. The predicted molar refractivity (Wildman–Crippen MR) is 92.9 cm³/mol. The van der Waals surface area contributed by atoms with Crippen LogP contribution < -0.4 is 10.1 Å². The number of fused-ring (bicyclic) bond motifs is 1. The second kappa shape index (κ2) is 7.27. The van der Waals surface area contributed by atoms with E-state index in [-0.39, 0.29) is 12.4 Å². The van der Waals surface area contributed by atoms with Gasteiger partial charge in [-0.15, -0.1) is 0 Å². The molecule has 0 bridgehead atoms. The van der Waals surface area contributed by atoms with E-state index in [0.29, 0.717) is 18.1 Å². The molecule has 3 aromatic rings. The van der Waals surface area contributed by atoms with Crippen molar-refractivity contribution in [1.29, 1.82) is 0 Å². The van der Waals surface area contributed by atoms with E-state index in [2.05, 4.69) is 10.3 Å². The Labute approximate surface area is 139 Å². The molecule has 1 atom stereocenters. The van der Waals surface area contributed by atoms with Crippen LogP contribution in [-0.2, 0) is 0 Å². The topological polar surface area (TPSA) is 54.4 Å². The zero-order valence-electron chi connectivity index (χ0n) is 13.4. The molecule has 0 aliphatic rings. The summed E-state index contributed by atoms with van der Waals surface area (Å²) >= 11 is 0. The van der Waals surface area contributed by atoms with Crippen LogP contribution in [0.15, 0.2) is 54.6 Å². The first-order chi connectivity index (χ1) is 11.6. The molecule has 0 fully saturated rings. The van der Waals surface area contributed by atoms with Gasteiger partial charge in [-0.3, -0.25) is 0 Å². The molecular formula is C19H19FN2O2. The Morgan fingerprint density at radius 1 is 1.17 bits per heavy atom. The predicted octanol–water partition coefficient (Wildman–Crippen LogP) is 3.53. The molecule has 124 valence electrons. The molecule has 24 heavy (non-hydrogen) atoms. The smallest absolute Gasteiger partial charge is 0.127 e. The van der Waals surface area contributed by atoms with Gasteiger partial charge < -0.3 is 15.2 Å². The van der Waals surface area contributed by atoms with Crippen LogP contribution in [0.4, 0.5) is 10.2 Å². The van der Waals surface area contributed by atoms with E-state index in [0.717, 1.165) is 16.5 Å². The van der Waals surface area contributed by atoms with Crippen molar-refractivity contribution in [2.75, 3.05) is 18.5 Å². The number of aryl methyl sites for hydroxylation is 1. The monoisotopic (exact) mass is 326 g/mol. The molecule has 1 unspecified atom stereocenters. The summed E-state index contributed by atoms with van der Waals surface area (Å²) in [6, 6.07) is 15.6. The zero-order valence-corrected chi connectivity index (χ0v) is 13.4. The van der Waals surface area contributed by atoms with Crippen LogP contribution in [0.3, 0.4) is 0 Å². The third-order valence-corrected chi connectivity index (χ3v) is 3.70. The molecule has 0 saturated heterocycles. The van der Waals surface area contributed by atoms with Gasteiger partial charge in [-0.2, -0.15) is 0 Å². The van der Waals surface area contributed by atoms with E-state index in [1.807, 2.05) is 37.3 Å². The lowest BCUT2D eigenvalue weighted by Gasteiger charge is -2.14. The Bertz CT molecular complexity index is 821. The fourth-order valence-electron chi connectivity index (χ4n) is 2.44. The van der Waals surface area contributed by atoms with Crippen molar-refractivity contribution in [3.8, 4) is 5.75 Å². The molecule has 5 heteroatoms. The van der Waals surface area contributed by atoms with Gasteiger partial charge in [-0.1, -0.05) is 18.2 Å². The number of aliphatic hydroxyl groups excluding tert-OH is 1. The van der Waals surface area contributed by atoms with Gasteiger partial charge in [0.25, 0.3) is 0 Å². The first-order valence-corrected chi connectivity index (χ1v) is 7.78. The molecule has 0 radical (unpaired) electrons. The largest absolute Gasteiger partial charge is 0.491 e. The van der Waals surface area contributed by atoms with Crippen LogP contribution in [0.1, 0.15) is 5.56 Å². The Balaban J connectivity index is 1.56. The molecule has 4 nitrogen and oxygen atoms in total. The zero-order chi connectivity index (χ0) is 16.9. The number of benzene rings is 2. The number of para-hydroxylation sites is 1. The molecule has 1 aromatic heterocycles. The lowest BCUT2D eigenvalue weighted by molar-refractivity contribution is 0.117. The minimum Gasteiger partial charge on any atom is -0.491 e. The van der Waals surface area contributed by atoms with E-state index >= 15 is 0 Å². The highest BCUT2D eigenvalue weighted by Crippen LogP contribution is 2.19. The van der Waals surface area contributed by atoms with Crippen molar-refractivity contribution < 1.29 is 14.2 Å². The number of hydrogen-bond donors (Lipinski definition) is 2. The average molecular weight is 326 g/mol. The normalized spacial score (nSPS) is 12.1. The minimum absolute atomic E-state index is 0.116. The number of rotatable bonds is 6. The Kier molecular flexibility index (Phi) is 4.91. The molecule has 2 aromatic carbocycles. The van der Waals surface area contributed by atoms with Crippen molar-refractivity contribution in [1.82, 2.24) is 4.98 Å². The van der Waals surface area contributed by atoms with Crippen LogP contribution in [0, 0.1) is 12.7 Å². The number of nitrogens with one attached hydrogen (secondary N) is 1. The summed E-state index contributed by atoms with van der Waals surface area (Å²) in [6.45, 7) is 2.46. The Morgan fingerprint density at radius 2 is 1.92 bits per heavy atom. The van der Waals surface area contributed by atoms with Crippen molar-refractivity contribution in [2.24, 2.45) is 0 Å². The van der Waals surface area contributed by atoms with Gasteiger partial charge in [0.15, 0.2) is 0 Å². The molecular weight excluding hydrogens is 307 g/mol. The summed E-state index contributed by atoms with van der Waals surface area (Å²) in [4.78, 5) is 4.53. The maximum absolute atomic E-state index is 12.8. The number of ether oxygens (including phenoxy) is 1. The summed E-state index contributed by atoms with van der Waals surface area (Å²) in [7, 11) is 0. The Hall–Kier alpha value is -2.66. The fraction of sp³-hybridized carbons (Fsp3) is 0.211. The van der Waals surface area contributed by atoms with E-state index in [4.69, 9.17) is 4.74 Å². The van der Waals surface area contributed by atoms with E-state index < -0.39 is 6.10 Å². The first kappa shape index (κ1) is 16.2. The molecule has 1 heterocycles. The van der Waals surface area contributed by atoms with Gasteiger partial charge >= 0.3 is 0 Å². The molecule has 2 N–H and O–H groups in total. The summed E-state index contributed by atoms with van der Waals surface area (Å²) in [5, 5.41) is 14.3. The minimum atomic E-state index is -0.705. The summed E-state index contributed by atoms with van der Waals surface area (Å²) < 4.78 is 18.2. The van der Waals surface area contributed by atoms with Gasteiger partial charge in [0.1, 0.15) is 30.1 Å². The summed E-state index contributed by atoms with van der Waals surface area (Å²) in [6.07, 6.45) is -0.705. The van der Waals surface area contributed by atoms with E-state index in [1.165, 1.54) is 24.3 Å². The number of aliphatic hydroxyl groups is 1. The first-order valence-electron chi connectivity index (χ1n) is 7.78. The maximum atomic E-state index is 12.8. The van der Waals surface area contributed by atoms with Crippen LogP contribution in [0.25, 0.3) is 10.9 Å². The second-order valence-corrected chi connectivity index (χ2v) is 5.64. The van der Waals surface area contributed by atoms with Crippen molar-refractivity contribution in [3.05, 3.63) is 66.0 Å². The highest BCUT2D eigenvalue weighted by atomic mass is 19.1. The number of halogens is 1. The molecule has 0 spiro atoms. The van der Waals surface area contributed by atoms with E-state index in [9.17, 15) is 9.50 Å². The number of hydrogen-bond acceptors (Lipinski definition) is 4. The number of anilines is 1. The molecule has 0 aliphatic heterocycles. The number of aromatic nitrogens is 1. The van der Waals surface area contributed by atoms with Gasteiger partial charge in [-0.25, -0.2) is 9.37 Å². The highest BCUT2D eigenvalue weighted by molar-refractivity contribution is 5.83. The van der Waals surface area contributed by atoms with Gasteiger partial charge in [0, 0.05) is 11.9 Å². The fourth-order valence-corrected chi connectivity index (χ4v) is 2.44. The highest BCUT2D eigenvalue weighted by Gasteiger charge is 2.07. The van der Waals surface area contributed by atoms with Gasteiger partial charge in [0.05, 0.1) is 5.52 Å². The molecule has 0 amide bonds. The number of pyridine rings is 1. The lowest BCUT2D eigenvalue weighted by Crippen LogP contribution is -2.26. The molecule has 3 rings (SSSR count). The molecule has 0 saturated carbocycles. The number of nitrogens with zero attached hydrogens (tertiary/aromatic N) is 1. The third kappa shape index (κ3) is 4.00. The summed E-state index contributed by atoms with van der Waals surface area (Å²) in [5.74, 6) is 0.921. The van der Waals surface area contributed by atoms with Crippen LogP contribution >= 0.6 is 0 Å². The third-order valence-electron chi connectivity index (χ3n) is 3.70. The second-order valence-electron chi connectivity index (χ2n) is 5.64. The van der Waals surface area contributed by atoms with Crippen molar-refractivity contribution in [3.63, 3.8) is 0 Å². The van der Waals surface area contributed by atoms with Gasteiger partial charge in [0.2, 0.25) is 0 Å². The lowest BCUT2D eigenvalue weighted by atomic mass is 10.1. The standard InChI is InChI=1S/C19H19FN2O2/c1-13-10-19(22-18-5-3-2-4-17(13)18)21-11-15(23)12-24-16-8-6-14(20)7-9-16/h2-10,15,23H,11-12H2,1H3,(H,21,22). The van der Waals surface area contributed by atoms with Gasteiger partial charge in [-0.05, 0) is 48.9 Å². The Morgan fingerprint density at radius 3 is 2.71 bits per heavy atom. The van der Waals surface area contributed by atoms with Crippen molar-refractivity contribution >= 4 is 16.7 Å².